The Bertz CT molecular complexity index is 1020. The van der Waals surface area contributed by atoms with Gasteiger partial charge in [0, 0.05) is 31.6 Å². The average Bonchev–Trinajstić information content (AvgIpc) is 3.21. The number of methoxy groups -OCH3 is 3. The van der Waals surface area contributed by atoms with E-state index in [-0.39, 0.29) is 5.91 Å². The standard InChI is InChI=1S/C22H26N4O4/c1-15-23-11-12-26(15)19-13-16(9-10-24-19)14-25-20(27)8-6-17-5-7-18(28-2)22(30-4)21(17)29-3/h5,7,9-13H,6,8,14H2,1-4H3,(H,25,27). The van der Waals surface area contributed by atoms with Crippen LogP contribution in [0.5, 0.6) is 17.2 Å². The van der Waals surface area contributed by atoms with Crippen LogP contribution in [0.2, 0.25) is 0 Å². The van der Waals surface area contributed by atoms with Crippen LogP contribution in [-0.4, -0.2) is 41.8 Å². The molecule has 2 aromatic heterocycles. The lowest BCUT2D eigenvalue weighted by Crippen LogP contribution is -2.23. The second-order valence-electron chi connectivity index (χ2n) is 6.64. The molecule has 0 radical (unpaired) electrons. The van der Waals surface area contributed by atoms with Gasteiger partial charge in [0.15, 0.2) is 11.5 Å². The summed E-state index contributed by atoms with van der Waals surface area (Å²) in [5, 5.41) is 2.96. The molecule has 30 heavy (non-hydrogen) atoms. The van der Waals surface area contributed by atoms with E-state index in [1.165, 1.54) is 0 Å². The lowest BCUT2D eigenvalue weighted by molar-refractivity contribution is -0.121. The summed E-state index contributed by atoms with van der Waals surface area (Å²) in [5.41, 5.74) is 1.84. The van der Waals surface area contributed by atoms with Crippen molar-refractivity contribution in [3.63, 3.8) is 0 Å². The Kier molecular flexibility index (Phi) is 6.90. The number of hydrogen-bond donors (Lipinski definition) is 1. The van der Waals surface area contributed by atoms with Crippen LogP contribution in [0.1, 0.15) is 23.4 Å². The van der Waals surface area contributed by atoms with Crippen molar-refractivity contribution < 1.29 is 19.0 Å². The lowest BCUT2D eigenvalue weighted by Gasteiger charge is -2.15. The van der Waals surface area contributed by atoms with E-state index in [1.807, 2.05) is 42.0 Å². The topological polar surface area (TPSA) is 87.5 Å². The van der Waals surface area contributed by atoms with Crippen LogP contribution < -0.4 is 19.5 Å². The maximum absolute atomic E-state index is 12.4. The molecule has 1 amide bonds. The molecule has 0 fully saturated rings. The number of nitrogens with one attached hydrogen (secondary N) is 1. The molecule has 0 aliphatic heterocycles. The highest BCUT2D eigenvalue weighted by Gasteiger charge is 2.16. The minimum Gasteiger partial charge on any atom is -0.493 e. The number of aromatic nitrogens is 3. The van der Waals surface area contributed by atoms with E-state index in [9.17, 15) is 4.79 Å². The molecule has 1 N–H and O–H groups in total. The Morgan fingerprint density at radius 3 is 2.50 bits per heavy atom. The second-order valence-corrected chi connectivity index (χ2v) is 6.64. The SMILES string of the molecule is COc1ccc(CCC(=O)NCc2ccnc(-n3ccnc3C)c2)c(OC)c1OC. The van der Waals surface area contributed by atoms with E-state index >= 15 is 0 Å². The predicted molar refractivity (Wildman–Crippen MR) is 112 cm³/mol. The van der Waals surface area contributed by atoms with Crippen LogP contribution >= 0.6 is 0 Å². The normalized spacial score (nSPS) is 10.5. The summed E-state index contributed by atoms with van der Waals surface area (Å²) in [6.45, 7) is 2.34. The monoisotopic (exact) mass is 410 g/mol. The number of amides is 1. The highest BCUT2D eigenvalue weighted by molar-refractivity contribution is 5.76. The van der Waals surface area contributed by atoms with Gasteiger partial charge in [-0.15, -0.1) is 0 Å². The van der Waals surface area contributed by atoms with Gasteiger partial charge in [0.2, 0.25) is 11.7 Å². The predicted octanol–water partition coefficient (Wildman–Crippen LogP) is 2.85. The molecule has 0 aliphatic carbocycles. The molecule has 3 aromatic rings. The van der Waals surface area contributed by atoms with Crippen LogP contribution in [0, 0.1) is 6.92 Å². The number of nitrogens with zero attached hydrogens (tertiary/aromatic N) is 3. The molecule has 0 atom stereocenters. The first-order valence-corrected chi connectivity index (χ1v) is 9.57. The number of pyridine rings is 1. The summed E-state index contributed by atoms with van der Waals surface area (Å²) >= 11 is 0. The fourth-order valence-corrected chi connectivity index (χ4v) is 3.22. The Morgan fingerprint density at radius 2 is 1.83 bits per heavy atom. The number of ether oxygens (including phenoxy) is 3. The van der Waals surface area contributed by atoms with Crippen molar-refractivity contribution in [3.8, 4) is 23.1 Å². The number of hydrogen-bond acceptors (Lipinski definition) is 6. The molecule has 158 valence electrons. The quantitative estimate of drug-likeness (QED) is 0.584. The van der Waals surface area contributed by atoms with Crippen molar-refractivity contribution in [2.45, 2.75) is 26.3 Å². The van der Waals surface area contributed by atoms with Gasteiger partial charge < -0.3 is 19.5 Å². The fraction of sp³-hybridized carbons (Fsp3) is 0.318. The van der Waals surface area contributed by atoms with E-state index in [0.717, 1.165) is 22.8 Å². The van der Waals surface area contributed by atoms with Crippen LogP contribution in [0.3, 0.4) is 0 Å². The molecule has 3 rings (SSSR count). The van der Waals surface area contributed by atoms with E-state index in [4.69, 9.17) is 14.2 Å². The number of carbonyl (C=O) groups is 1. The van der Waals surface area contributed by atoms with Gasteiger partial charge in [0.1, 0.15) is 11.6 Å². The lowest BCUT2D eigenvalue weighted by atomic mass is 10.1. The zero-order valence-corrected chi connectivity index (χ0v) is 17.6. The van der Waals surface area contributed by atoms with E-state index in [0.29, 0.717) is 36.6 Å². The molecule has 0 bridgehead atoms. The van der Waals surface area contributed by atoms with E-state index in [1.54, 1.807) is 33.7 Å². The van der Waals surface area contributed by atoms with Crippen LogP contribution in [0.25, 0.3) is 5.82 Å². The van der Waals surface area contributed by atoms with Gasteiger partial charge in [-0.05, 0) is 42.7 Å². The highest BCUT2D eigenvalue weighted by Crippen LogP contribution is 2.40. The summed E-state index contributed by atoms with van der Waals surface area (Å²) < 4.78 is 18.1. The van der Waals surface area contributed by atoms with Crippen molar-refractivity contribution >= 4 is 5.91 Å². The first-order chi connectivity index (χ1) is 14.6. The van der Waals surface area contributed by atoms with Crippen molar-refractivity contribution in [3.05, 3.63) is 59.8 Å². The van der Waals surface area contributed by atoms with Gasteiger partial charge >= 0.3 is 0 Å². The first-order valence-electron chi connectivity index (χ1n) is 9.57. The molecular formula is C22H26N4O4. The zero-order valence-electron chi connectivity index (χ0n) is 17.6. The second kappa shape index (κ2) is 9.78. The highest BCUT2D eigenvalue weighted by atomic mass is 16.5. The minimum absolute atomic E-state index is 0.0518. The number of carbonyl (C=O) groups excluding carboxylic acids is 1. The fourth-order valence-electron chi connectivity index (χ4n) is 3.22. The molecule has 0 unspecified atom stereocenters. The molecule has 2 heterocycles. The molecular weight excluding hydrogens is 384 g/mol. The minimum atomic E-state index is -0.0518. The van der Waals surface area contributed by atoms with Crippen molar-refractivity contribution in [1.82, 2.24) is 19.9 Å². The maximum Gasteiger partial charge on any atom is 0.220 e. The third-order valence-corrected chi connectivity index (χ3v) is 4.78. The van der Waals surface area contributed by atoms with Crippen molar-refractivity contribution in [1.29, 1.82) is 0 Å². The largest absolute Gasteiger partial charge is 0.493 e. The molecule has 0 saturated heterocycles. The van der Waals surface area contributed by atoms with E-state index in [2.05, 4.69) is 15.3 Å². The zero-order chi connectivity index (χ0) is 21.5. The summed E-state index contributed by atoms with van der Waals surface area (Å²) in [6.07, 6.45) is 6.16. The van der Waals surface area contributed by atoms with Crippen molar-refractivity contribution in [2.75, 3.05) is 21.3 Å². The Hall–Kier alpha value is -3.55. The Morgan fingerprint density at radius 1 is 1.03 bits per heavy atom. The van der Waals surface area contributed by atoms with Gasteiger partial charge in [-0.1, -0.05) is 6.07 Å². The van der Waals surface area contributed by atoms with Gasteiger partial charge in [-0.2, -0.15) is 0 Å². The smallest absolute Gasteiger partial charge is 0.220 e. The first kappa shape index (κ1) is 21.2. The number of aryl methyl sites for hydroxylation is 2. The number of rotatable bonds is 9. The van der Waals surface area contributed by atoms with Gasteiger partial charge in [0.25, 0.3) is 0 Å². The maximum atomic E-state index is 12.4. The van der Waals surface area contributed by atoms with Gasteiger partial charge in [-0.25, -0.2) is 9.97 Å². The Balaban J connectivity index is 1.60. The molecule has 8 nitrogen and oxygen atoms in total. The molecule has 1 aromatic carbocycles. The van der Waals surface area contributed by atoms with Crippen LogP contribution in [0.15, 0.2) is 42.9 Å². The van der Waals surface area contributed by atoms with Gasteiger partial charge in [-0.3, -0.25) is 9.36 Å². The summed E-state index contributed by atoms with van der Waals surface area (Å²) in [5.74, 6) is 3.27. The van der Waals surface area contributed by atoms with Crippen LogP contribution in [0.4, 0.5) is 0 Å². The summed E-state index contributed by atoms with van der Waals surface area (Å²) in [4.78, 5) is 21.0. The third-order valence-electron chi connectivity index (χ3n) is 4.78. The molecule has 8 heteroatoms. The summed E-state index contributed by atoms with van der Waals surface area (Å²) in [6, 6.07) is 7.51. The van der Waals surface area contributed by atoms with Gasteiger partial charge in [0.05, 0.1) is 21.3 Å². The van der Waals surface area contributed by atoms with Crippen molar-refractivity contribution in [2.24, 2.45) is 0 Å². The average molecular weight is 410 g/mol. The van der Waals surface area contributed by atoms with Crippen LogP contribution in [-0.2, 0) is 17.8 Å². The number of benzene rings is 1. The van der Waals surface area contributed by atoms with E-state index < -0.39 is 0 Å². The third kappa shape index (κ3) is 4.71. The Labute approximate surface area is 175 Å². The summed E-state index contributed by atoms with van der Waals surface area (Å²) in [7, 11) is 4.71. The molecule has 0 spiro atoms. The number of imidazole rings is 1. The molecule has 0 saturated carbocycles. The molecule has 0 aliphatic rings.